The molecule has 2 unspecified atom stereocenters. The van der Waals surface area contributed by atoms with Crippen LogP contribution < -0.4 is 32.3 Å². The highest BCUT2D eigenvalue weighted by Gasteiger charge is 2.38. The number of nitrogens with one attached hydrogen (secondary N) is 6. The van der Waals surface area contributed by atoms with Gasteiger partial charge in [0.2, 0.25) is 29.5 Å². The molecule has 15 N–H and O–H groups in total. The molecule has 0 aliphatic carbocycles. The topological polar surface area (TPSA) is 461 Å². The molecule has 4 aromatic rings. The van der Waals surface area contributed by atoms with Crippen LogP contribution in [0.3, 0.4) is 0 Å². The molecule has 100 heavy (non-hydrogen) atoms. The van der Waals surface area contributed by atoms with Gasteiger partial charge in [-0.2, -0.15) is 0 Å². The zero-order chi connectivity index (χ0) is 73.0. The molecule has 3 aromatic carbocycles. The second-order valence-corrected chi connectivity index (χ2v) is 27.9. The van der Waals surface area contributed by atoms with Gasteiger partial charge in [0, 0.05) is 106 Å². The number of aliphatic hydroxyl groups excluding tert-OH is 2. The van der Waals surface area contributed by atoms with E-state index in [9.17, 15) is 74.1 Å². The number of nitrogens with two attached hydrogens (primary N) is 1. The smallest absolute Gasteiger partial charge is 0.317 e. The normalized spacial score (nSPS) is 22.0. The number of carboxylic acid groups (broad SMARTS) is 4. The Hall–Kier alpha value is -8.34. The van der Waals surface area contributed by atoms with Crippen molar-refractivity contribution in [1.29, 1.82) is 0 Å². The molecule has 0 saturated carbocycles. The maximum absolute atomic E-state index is 15.4. The van der Waals surface area contributed by atoms with Crippen LogP contribution in [-0.2, 0) is 76.8 Å². The van der Waals surface area contributed by atoms with Crippen molar-refractivity contribution in [3.05, 3.63) is 102 Å². The number of H-pyrrole nitrogens is 1. The molecule has 546 valence electrons. The van der Waals surface area contributed by atoms with Crippen LogP contribution in [0.15, 0.2) is 85.1 Å². The summed E-state index contributed by atoms with van der Waals surface area (Å²) in [6.45, 7) is 1.73. The van der Waals surface area contributed by atoms with E-state index < -0.39 is 163 Å². The van der Waals surface area contributed by atoms with Gasteiger partial charge in [0.1, 0.15) is 17.8 Å². The summed E-state index contributed by atoms with van der Waals surface area (Å²) in [5.41, 5.74) is 8.22. The summed E-state index contributed by atoms with van der Waals surface area (Å²) in [6.07, 6.45) is -3.25. The summed E-state index contributed by atoms with van der Waals surface area (Å²) < 4.78 is 0. The van der Waals surface area contributed by atoms with E-state index in [-0.39, 0.29) is 121 Å². The standard InChI is InChI=1S/C68H93N11O19S2/c1-41(80)50(68(97)98)33-58(85)55-40-100-99-39-47(32-57(84)53(28-43-10-4-3-5-11-43)71-59(86)35-76-20-22-77(36-60(87)88)24-26-79(38-62(91)92)27-25-78(23-21-76)37-61(89)90)65(94)73-54(29-44-15-17-48(82)18-16-44)56(83)31-45(30-46-34-70-51-13-7-6-12-49(46)51)64(93)72-52(14-8-9-19-69)66(95)75-63(42(2)81)67(96)74-55/h3-7,10-13,15-18,34,41-42,45,47,50,52-55,63,70,80-82H,8-9,14,19-33,35-40,69H2,1-2H3,(H,71,86)(H,72,93)(H,73,94)(H,74,96)(H,75,95)(H,87,88)(H,89,90)(H,91,92)(H,97,98)/t41?,42?,45-,47-,50-,52-,53+,54-,55-,63-/m0/s1. The van der Waals surface area contributed by atoms with Crippen molar-refractivity contribution < 1.29 is 93.3 Å². The summed E-state index contributed by atoms with van der Waals surface area (Å²) in [5, 5.41) is 85.4. The highest BCUT2D eigenvalue weighted by molar-refractivity contribution is 8.76. The fraction of sp³-hybridized carbons (Fsp3) is 0.529. The average Bonchev–Trinajstić information content (AvgIpc) is 1.59. The number of aliphatic carboxylic acids is 4. The SMILES string of the molecule is CC(O)[C@H](CC(=O)[C@@H]1CSSC[C@H](CC(=O)[C@@H](Cc2ccccc2)NC(=O)CN2CCN(CC(=O)O)CCN(CC(=O)O)CCN(CC(=O)O)CC2)C(=O)N[C@@H](Cc2ccc(O)cc2)C(=O)C[C@H](Cc2c[nH]c3ccccc23)C(=O)N[C@@H](CCCCN)C(=O)N[C@@H](C(C)O)C(=O)N1)C(=O)O. The van der Waals surface area contributed by atoms with Crippen LogP contribution in [0.1, 0.15) is 69.1 Å². The van der Waals surface area contributed by atoms with E-state index in [2.05, 4.69) is 31.6 Å². The van der Waals surface area contributed by atoms with Crippen molar-refractivity contribution in [1.82, 2.24) is 51.2 Å². The Labute approximate surface area is 586 Å². The monoisotopic (exact) mass is 1430 g/mol. The molecule has 6 rings (SSSR count). The molecule has 10 atom stereocenters. The Bertz CT molecular complexity index is 3400. The Balaban J connectivity index is 1.41. The van der Waals surface area contributed by atoms with Gasteiger partial charge >= 0.3 is 23.9 Å². The van der Waals surface area contributed by atoms with E-state index in [4.69, 9.17) is 5.73 Å². The molecule has 5 amide bonds. The zero-order valence-electron chi connectivity index (χ0n) is 56.0. The lowest BCUT2D eigenvalue weighted by Crippen LogP contribution is -2.59. The first kappa shape index (κ1) is 80.6. The number of fused-ring (bicyclic) bond motifs is 1. The van der Waals surface area contributed by atoms with Gasteiger partial charge in [-0.15, -0.1) is 0 Å². The first-order chi connectivity index (χ1) is 47.7. The molecule has 2 saturated heterocycles. The van der Waals surface area contributed by atoms with Gasteiger partial charge in [-0.3, -0.25) is 77.1 Å². The lowest BCUT2D eigenvalue weighted by molar-refractivity contribution is -0.148. The number of carboxylic acids is 4. The Kier molecular flexibility index (Phi) is 32.9. The maximum Gasteiger partial charge on any atom is 0.317 e. The number of aliphatic hydroxyl groups is 2. The molecule has 0 radical (unpaired) electrons. The van der Waals surface area contributed by atoms with Crippen molar-refractivity contribution in [3.8, 4) is 5.75 Å². The van der Waals surface area contributed by atoms with Crippen molar-refractivity contribution >= 4 is 103 Å². The summed E-state index contributed by atoms with van der Waals surface area (Å²) in [4.78, 5) is 177. The third-order valence-corrected chi connectivity index (χ3v) is 20.0. The van der Waals surface area contributed by atoms with Crippen molar-refractivity contribution in [3.63, 3.8) is 0 Å². The number of Topliss-reactive ketones (excluding diaryl/α,β-unsaturated/α-hetero) is 3. The summed E-state index contributed by atoms with van der Waals surface area (Å²) in [7, 11) is 1.86. The number of phenols is 1. The highest BCUT2D eigenvalue weighted by Crippen LogP contribution is 2.30. The van der Waals surface area contributed by atoms with E-state index in [0.29, 0.717) is 34.0 Å². The second kappa shape index (κ2) is 40.8. The number of carbonyl (C=O) groups excluding carboxylic acids is 8. The third-order valence-electron chi connectivity index (χ3n) is 17.5. The summed E-state index contributed by atoms with van der Waals surface area (Å²) in [5.74, 6) is -16.6. The minimum absolute atomic E-state index is 0.0430. The number of phenolic OH excluding ortho intramolecular Hbond substituents is 1. The van der Waals surface area contributed by atoms with Crippen LogP contribution in [-0.4, -0.2) is 270 Å². The fourth-order valence-electron chi connectivity index (χ4n) is 11.8. The number of para-hydroxylation sites is 1. The van der Waals surface area contributed by atoms with Crippen molar-refractivity contribution in [2.45, 2.75) is 114 Å². The predicted molar refractivity (Wildman–Crippen MR) is 370 cm³/mol. The summed E-state index contributed by atoms with van der Waals surface area (Å²) >= 11 is 0. The minimum atomic E-state index is -1.79. The number of hydrogen-bond acceptors (Lipinski definition) is 22. The maximum atomic E-state index is 15.4. The predicted octanol–water partition coefficient (Wildman–Crippen LogP) is -0.103. The first-order valence-electron chi connectivity index (χ1n) is 33.2. The molecule has 2 aliphatic rings. The van der Waals surface area contributed by atoms with Crippen LogP contribution in [0.4, 0.5) is 0 Å². The van der Waals surface area contributed by atoms with Crippen LogP contribution in [0.5, 0.6) is 5.75 Å². The van der Waals surface area contributed by atoms with Gasteiger partial charge in [0.05, 0.1) is 68.3 Å². The lowest BCUT2D eigenvalue weighted by atomic mass is 9.88. The fourth-order valence-corrected chi connectivity index (χ4v) is 14.3. The van der Waals surface area contributed by atoms with Gasteiger partial charge in [-0.1, -0.05) is 82.3 Å². The molecular weight excluding hydrogens is 1340 g/mol. The quantitative estimate of drug-likeness (QED) is 0.0261. The van der Waals surface area contributed by atoms with Crippen LogP contribution in [0, 0.1) is 17.8 Å². The van der Waals surface area contributed by atoms with E-state index >= 15 is 19.2 Å². The van der Waals surface area contributed by atoms with E-state index in [1.165, 1.54) is 38.1 Å². The number of ketones is 3. The third kappa shape index (κ3) is 27.0. The van der Waals surface area contributed by atoms with E-state index in [1.807, 2.05) is 12.1 Å². The number of rotatable bonds is 28. The van der Waals surface area contributed by atoms with E-state index in [0.717, 1.165) is 21.6 Å². The van der Waals surface area contributed by atoms with Crippen LogP contribution in [0.25, 0.3) is 10.9 Å². The van der Waals surface area contributed by atoms with Gasteiger partial charge in [-0.05, 0) is 93.8 Å². The molecule has 0 bridgehead atoms. The largest absolute Gasteiger partial charge is 0.508 e. The number of carbonyl (C=O) groups is 12. The van der Waals surface area contributed by atoms with Crippen LogP contribution >= 0.6 is 21.6 Å². The number of hydrogen-bond donors (Lipinski definition) is 14. The van der Waals surface area contributed by atoms with Crippen molar-refractivity contribution in [2.75, 3.05) is 96.6 Å². The molecule has 3 heterocycles. The van der Waals surface area contributed by atoms with Crippen LogP contribution in [0.2, 0.25) is 0 Å². The molecule has 32 heteroatoms. The highest BCUT2D eigenvalue weighted by atomic mass is 33.1. The second-order valence-electron chi connectivity index (χ2n) is 25.4. The molecule has 1 aromatic heterocycles. The van der Waals surface area contributed by atoms with Gasteiger partial charge in [0.25, 0.3) is 0 Å². The number of aromatic amines is 1. The Morgan fingerprint density at radius 1 is 0.610 bits per heavy atom. The zero-order valence-corrected chi connectivity index (χ0v) is 57.7. The number of aromatic nitrogens is 1. The van der Waals surface area contributed by atoms with Gasteiger partial charge < -0.3 is 73.0 Å². The Morgan fingerprint density at radius 3 is 1.72 bits per heavy atom. The number of amides is 5. The number of aromatic hydroxyl groups is 1. The first-order valence-corrected chi connectivity index (χ1v) is 35.7. The molecule has 30 nitrogen and oxygen atoms in total. The Morgan fingerprint density at radius 2 is 1.16 bits per heavy atom. The molecular formula is C68H93N11O19S2. The van der Waals surface area contributed by atoms with Crippen molar-refractivity contribution in [2.24, 2.45) is 23.5 Å². The summed E-state index contributed by atoms with van der Waals surface area (Å²) in [6, 6.07) is 14.0. The number of nitrogens with zero attached hydrogens (tertiary/aromatic N) is 4. The average molecular weight is 1430 g/mol. The molecule has 2 fully saturated rings. The number of unbranched alkanes of at least 4 members (excludes halogenated alkanes) is 1. The van der Waals surface area contributed by atoms with E-state index in [1.54, 1.807) is 68.3 Å². The number of benzene rings is 3. The van der Waals surface area contributed by atoms with Gasteiger partial charge in [-0.25, -0.2) is 0 Å². The minimum Gasteiger partial charge on any atom is -0.508 e. The molecule has 2 aliphatic heterocycles. The van der Waals surface area contributed by atoms with Gasteiger partial charge in [0.15, 0.2) is 17.3 Å². The molecule has 0 spiro atoms. The lowest BCUT2D eigenvalue weighted by Gasteiger charge is -2.33.